The summed E-state index contributed by atoms with van der Waals surface area (Å²) in [5, 5.41) is 0. The Balaban J connectivity index is 1.45. The lowest BCUT2D eigenvalue weighted by atomic mass is 9.72. The molecule has 2 aromatic carbocycles. The Morgan fingerprint density at radius 3 is 2.39 bits per heavy atom. The number of carbonyl (C=O) groups excluding carboxylic acids is 1. The van der Waals surface area contributed by atoms with E-state index in [9.17, 15) is 4.79 Å². The van der Waals surface area contributed by atoms with Gasteiger partial charge in [0.25, 0.3) is 5.91 Å². The van der Waals surface area contributed by atoms with Crippen LogP contribution in [0.2, 0.25) is 0 Å². The molecule has 6 rings (SSSR count). The van der Waals surface area contributed by atoms with Gasteiger partial charge < -0.3 is 15.4 Å². The lowest BCUT2D eigenvalue weighted by molar-refractivity contribution is -0.121. The quantitative estimate of drug-likeness (QED) is 0.587. The number of hydrogen-bond acceptors (Lipinski definition) is 4. The van der Waals surface area contributed by atoms with Gasteiger partial charge in [0.15, 0.2) is 6.61 Å². The van der Waals surface area contributed by atoms with Gasteiger partial charge in [0.05, 0.1) is 5.69 Å². The van der Waals surface area contributed by atoms with Gasteiger partial charge >= 0.3 is 0 Å². The van der Waals surface area contributed by atoms with Crippen LogP contribution in [0.1, 0.15) is 44.1 Å². The van der Waals surface area contributed by atoms with Crippen LogP contribution in [-0.2, 0) is 10.3 Å². The summed E-state index contributed by atoms with van der Waals surface area (Å²) < 4.78 is 5.83. The molecule has 0 spiro atoms. The smallest absolute Gasteiger partial charge is 0.265 e. The second-order valence-corrected chi connectivity index (χ2v) is 9.75. The van der Waals surface area contributed by atoms with E-state index < -0.39 is 0 Å². The highest BCUT2D eigenvalue weighted by molar-refractivity contribution is 5.99. The number of nitrogens with two attached hydrogens (primary N) is 1. The molecule has 0 saturated heterocycles. The van der Waals surface area contributed by atoms with Crippen LogP contribution in [0, 0.1) is 5.92 Å². The van der Waals surface area contributed by atoms with Crippen LogP contribution in [0.15, 0.2) is 60.7 Å². The first-order chi connectivity index (χ1) is 16.1. The van der Waals surface area contributed by atoms with Gasteiger partial charge in [-0.25, -0.2) is 4.98 Å². The van der Waals surface area contributed by atoms with Gasteiger partial charge in [0, 0.05) is 23.2 Å². The maximum atomic E-state index is 12.8. The Hall–Kier alpha value is -3.18. The van der Waals surface area contributed by atoms with Gasteiger partial charge in [-0.1, -0.05) is 61.0 Å². The molecule has 2 N–H and O–H groups in total. The SMILES string of the molecule is NC1(c2ccc(-c3nc4c(cc3-c3ccccc3)N(CC3CCC3)C(=O)CO4)cc2)CCC1. The molecule has 168 valence electrons. The minimum absolute atomic E-state index is 0.0149. The topological polar surface area (TPSA) is 68.5 Å². The molecule has 2 saturated carbocycles. The van der Waals surface area contributed by atoms with Crippen molar-refractivity contribution in [2.24, 2.45) is 11.7 Å². The Bertz CT molecular complexity index is 1180. The van der Waals surface area contributed by atoms with Gasteiger partial charge in [-0.15, -0.1) is 0 Å². The highest BCUT2D eigenvalue weighted by atomic mass is 16.5. The number of amides is 1. The number of anilines is 1. The van der Waals surface area contributed by atoms with E-state index >= 15 is 0 Å². The second-order valence-electron chi connectivity index (χ2n) is 9.75. The van der Waals surface area contributed by atoms with Gasteiger partial charge in [-0.05, 0) is 55.2 Å². The minimum Gasteiger partial charge on any atom is -0.466 e. The molecule has 2 fully saturated rings. The largest absolute Gasteiger partial charge is 0.466 e. The third-order valence-electron chi connectivity index (χ3n) is 7.62. The Kier molecular flexibility index (Phi) is 4.95. The summed E-state index contributed by atoms with van der Waals surface area (Å²) in [4.78, 5) is 19.6. The Morgan fingerprint density at radius 2 is 1.76 bits per heavy atom. The highest BCUT2D eigenvalue weighted by Crippen LogP contribution is 2.43. The van der Waals surface area contributed by atoms with Crippen molar-refractivity contribution in [2.75, 3.05) is 18.1 Å². The molecule has 0 bridgehead atoms. The van der Waals surface area contributed by atoms with Crippen LogP contribution in [0.4, 0.5) is 5.69 Å². The fourth-order valence-corrected chi connectivity index (χ4v) is 5.13. The van der Waals surface area contributed by atoms with Crippen LogP contribution in [0.3, 0.4) is 0 Å². The van der Waals surface area contributed by atoms with E-state index in [0.29, 0.717) is 11.8 Å². The summed E-state index contributed by atoms with van der Waals surface area (Å²) in [6.07, 6.45) is 6.89. The first-order valence-corrected chi connectivity index (χ1v) is 12.0. The van der Waals surface area contributed by atoms with Crippen molar-refractivity contribution in [1.29, 1.82) is 0 Å². The molecule has 2 aliphatic carbocycles. The zero-order valence-electron chi connectivity index (χ0n) is 18.8. The van der Waals surface area contributed by atoms with E-state index in [2.05, 4.69) is 42.5 Å². The average Bonchev–Trinajstić information content (AvgIpc) is 2.81. The highest BCUT2D eigenvalue weighted by Gasteiger charge is 2.35. The van der Waals surface area contributed by atoms with Crippen LogP contribution in [0.25, 0.3) is 22.4 Å². The number of rotatable bonds is 5. The molecule has 1 aromatic heterocycles. The lowest BCUT2D eigenvalue weighted by Gasteiger charge is -2.38. The molecule has 33 heavy (non-hydrogen) atoms. The minimum atomic E-state index is -0.185. The monoisotopic (exact) mass is 439 g/mol. The van der Waals surface area contributed by atoms with E-state index in [4.69, 9.17) is 15.5 Å². The maximum Gasteiger partial charge on any atom is 0.265 e. The zero-order chi connectivity index (χ0) is 22.4. The lowest BCUT2D eigenvalue weighted by Crippen LogP contribution is -2.43. The Morgan fingerprint density at radius 1 is 1.00 bits per heavy atom. The van der Waals surface area contributed by atoms with E-state index in [1.807, 2.05) is 23.1 Å². The van der Waals surface area contributed by atoms with Crippen molar-refractivity contribution in [3.8, 4) is 28.3 Å². The number of pyridine rings is 1. The molecule has 0 radical (unpaired) electrons. The van der Waals surface area contributed by atoms with Crippen LogP contribution in [-0.4, -0.2) is 24.0 Å². The van der Waals surface area contributed by atoms with E-state index in [1.165, 1.54) is 31.2 Å². The fourth-order valence-electron chi connectivity index (χ4n) is 5.13. The molecule has 2 heterocycles. The van der Waals surface area contributed by atoms with Gasteiger partial charge in [0.2, 0.25) is 5.88 Å². The fraction of sp³-hybridized carbons (Fsp3) is 0.357. The normalized spacial score (nSPS) is 19.3. The van der Waals surface area contributed by atoms with Crippen LogP contribution in [0.5, 0.6) is 5.88 Å². The molecule has 1 amide bonds. The number of nitrogens with zero attached hydrogens (tertiary/aromatic N) is 2. The zero-order valence-corrected chi connectivity index (χ0v) is 18.8. The molecule has 3 aliphatic rings. The van der Waals surface area contributed by atoms with Gasteiger partial charge in [-0.2, -0.15) is 0 Å². The van der Waals surface area contributed by atoms with Crippen molar-refractivity contribution in [3.05, 3.63) is 66.2 Å². The molecule has 5 heteroatoms. The maximum absolute atomic E-state index is 12.8. The molecule has 1 aliphatic heterocycles. The first-order valence-electron chi connectivity index (χ1n) is 12.0. The Labute approximate surface area is 194 Å². The average molecular weight is 440 g/mol. The van der Waals surface area contributed by atoms with E-state index in [-0.39, 0.29) is 18.1 Å². The predicted octanol–water partition coefficient (Wildman–Crippen LogP) is 5.28. The number of aromatic nitrogens is 1. The van der Waals surface area contributed by atoms with Crippen molar-refractivity contribution < 1.29 is 9.53 Å². The van der Waals surface area contributed by atoms with E-state index in [1.54, 1.807) is 0 Å². The summed E-state index contributed by atoms with van der Waals surface area (Å²) in [7, 11) is 0. The third kappa shape index (κ3) is 3.61. The molecular formula is C28H29N3O2. The number of hydrogen-bond donors (Lipinski definition) is 1. The predicted molar refractivity (Wildman–Crippen MR) is 130 cm³/mol. The van der Waals surface area contributed by atoms with E-state index in [0.717, 1.165) is 47.5 Å². The molecular weight excluding hydrogens is 410 g/mol. The number of fused-ring (bicyclic) bond motifs is 1. The van der Waals surface area contributed by atoms with Crippen LogP contribution < -0.4 is 15.4 Å². The molecule has 0 atom stereocenters. The molecule has 5 nitrogen and oxygen atoms in total. The van der Waals surface area contributed by atoms with Gasteiger partial charge in [-0.3, -0.25) is 4.79 Å². The molecule has 3 aromatic rings. The molecule has 0 unspecified atom stereocenters. The number of ether oxygens (including phenoxy) is 1. The van der Waals surface area contributed by atoms with Crippen molar-refractivity contribution in [2.45, 2.75) is 44.1 Å². The second kappa shape index (κ2) is 7.99. The summed E-state index contributed by atoms with van der Waals surface area (Å²) in [5.74, 6) is 1.13. The van der Waals surface area contributed by atoms with Crippen molar-refractivity contribution in [1.82, 2.24) is 4.98 Å². The summed E-state index contributed by atoms with van der Waals surface area (Å²) >= 11 is 0. The van der Waals surface area contributed by atoms with Gasteiger partial charge in [0.1, 0.15) is 5.69 Å². The number of benzene rings is 2. The van der Waals surface area contributed by atoms with Crippen molar-refractivity contribution in [3.63, 3.8) is 0 Å². The van der Waals surface area contributed by atoms with Crippen molar-refractivity contribution >= 4 is 11.6 Å². The standard InChI is InChI=1S/C28H29N3O2/c29-28(14-5-15-28)22-12-10-21(11-13-22)26-23(20-8-2-1-3-9-20)16-24-27(30-26)33-18-25(32)31(24)17-19-6-4-7-19/h1-3,8-13,16,19H,4-7,14-15,17-18,29H2. The number of carbonyl (C=O) groups is 1. The summed E-state index contributed by atoms with van der Waals surface area (Å²) in [6, 6.07) is 20.8. The third-order valence-corrected chi connectivity index (χ3v) is 7.62. The summed E-state index contributed by atoms with van der Waals surface area (Å²) in [5.41, 5.74) is 12.3. The first kappa shape index (κ1) is 20.4. The van der Waals surface area contributed by atoms with Crippen LogP contribution >= 0.6 is 0 Å². The summed E-state index contributed by atoms with van der Waals surface area (Å²) in [6.45, 7) is 0.795.